The van der Waals surface area contributed by atoms with Crippen LogP contribution >= 0.6 is 11.6 Å². The molecule has 20 heavy (non-hydrogen) atoms. The predicted molar refractivity (Wildman–Crippen MR) is 80.4 cm³/mol. The molecule has 0 spiro atoms. The summed E-state index contributed by atoms with van der Waals surface area (Å²) in [6, 6.07) is 8.36. The maximum atomic E-state index is 14.2. The van der Waals surface area contributed by atoms with E-state index in [1.807, 2.05) is 12.1 Å². The third-order valence-electron chi connectivity index (χ3n) is 3.67. The van der Waals surface area contributed by atoms with Gasteiger partial charge in [-0.25, -0.2) is 4.39 Å². The van der Waals surface area contributed by atoms with Crippen LogP contribution in [0.25, 0.3) is 17.2 Å². The number of allylic oxidation sites excluding steroid dienone is 1. The molecular weight excluding hydrogens is 275 g/mol. The van der Waals surface area contributed by atoms with Crippen LogP contribution in [0.3, 0.4) is 0 Å². The van der Waals surface area contributed by atoms with E-state index in [1.165, 1.54) is 6.07 Å². The lowest BCUT2D eigenvalue weighted by molar-refractivity contribution is 0.476. The third kappa shape index (κ3) is 2.10. The highest BCUT2D eigenvalue weighted by Gasteiger charge is 2.20. The number of benzene rings is 2. The first kappa shape index (κ1) is 13.2. The van der Waals surface area contributed by atoms with Gasteiger partial charge in [-0.15, -0.1) is 0 Å². The minimum atomic E-state index is -0.495. The highest BCUT2D eigenvalue weighted by Crippen LogP contribution is 2.40. The van der Waals surface area contributed by atoms with E-state index in [-0.39, 0.29) is 10.8 Å². The Morgan fingerprint density at radius 3 is 2.85 bits per heavy atom. The molecule has 2 aromatic carbocycles. The molecule has 1 unspecified atom stereocenters. The molecule has 0 saturated carbocycles. The Kier molecular flexibility index (Phi) is 3.27. The monoisotopic (exact) mass is 288 g/mol. The van der Waals surface area contributed by atoms with Gasteiger partial charge in [-0.2, -0.15) is 0 Å². The van der Waals surface area contributed by atoms with Crippen molar-refractivity contribution in [2.75, 3.05) is 0 Å². The van der Waals surface area contributed by atoms with E-state index >= 15 is 0 Å². The van der Waals surface area contributed by atoms with Crippen LogP contribution < -0.4 is 0 Å². The van der Waals surface area contributed by atoms with Gasteiger partial charge in [0.05, 0.1) is 5.02 Å². The number of phenols is 1. The summed E-state index contributed by atoms with van der Waals surface area (Å²) in [4.78, 5) is 0. The van der Waals surface area contributed by atoms with Crippen molar-refractivity contribution in [3.05, 3.63) is 58.4 Å². The van der Waals surface area contributed by atoms with Crippen LogP contribution in [0.2, 0.25) is 5.02 Å². The average molecular weight is 289 g/mol. The molecule has 1 aliphatic rings. The first-order valence-electron chi connectivity index (χ1n) is 6.55. The number of aromatic hydroxyl groups is 1. The number of rotatable bonds is 1. The van der Waals surface area contributed by atoms with Crippen LogP contribution in [0.1, 0.15) is 18.1 Å². The van der Waals surface area contributed by atoms with Crippen LogP contribution in [0.15, 0.2) is 36.4 Å². The zero-order valence-corrected chi connectivity index (χ0v) is 11.8. The second-order valence-electron chi connectivity index (χ2n) is 5.17. The van der Waals surface area contributed by atoms with Crippen LogP contribution in [-0.2, 0) is 6.42 Å². The molecule has 0 heterocycles. The summed E-state index contributed by atoms with van der Waals surface area (Å²) in [6.07, 6.45) is 4.92. The summed E-state index contributed by atoms with van der Waals surface area (Å²) < 4.78 is 14.2. The molecular formula is C17H14ClFO. The van der Waals surface area contributed by atoms with Crippen molar-refractivity contribution in [3.8, 4) is 16.9 Å². The fourth-order valence-electron chi connectivity index (χ4n) is 2.67. The normalized spacial score (nSPS) is 17.1. The molecule has 102 valence electrons. The number of halogens is 2. The molecule has 1 N–H and O–H groups in total. The Labute approximate surface area is 122 Å². The van der Waals surface area contributed by atoms with Crippen molar-refractivity contribution in [1.29, 1.82) is 0 Å². The SMILES string of the molecule is CC1C=Cc2c(ccc(O)c2-c2cccc(Cl)c2F)C1. The average Bonchev–Trinajstić information content (AvgIpc) is 2.43. The molecule has 0 fully saturated rings. The fraction of sp³-hybridized carbons (Fsp3) is 0.176. The summed E-state index contributed by atoms with van der Waals surface area (Å²) in [5.74, 6) is 0.0260. The predicted octanol–water partition coefficient (Wildman–Crippen LogP) is 5.06. The summed E-state index contributed by atoms with van der Waals surface area (Å²) in [7, 11) is 0. The van der Waals surface area contributed by atoms with Gasteiger partial charge in [0.15, 0.2) is 0 Å². The highest BCUT2D eigenvalue weighted by atomic mass is 35.5. The summed E-state index contributed by atoms with van der Waals surface area (Å²) in [5, 5.41) is 10.2. The van der Waals surface area contributed by atoms with Gasteiger partial charge in [0.25, 0.3) is 0 Å². The summed E-state index contributed by atoms with van der Waals surface area (Å²) in [5.41, 5.74) is 2.85. The van der Waals surface area contributed by atoms with Crippen molar-refractivity contribution >= 4 is 17.7 Å². The second kappa shape index (κ2) is 4.95. The zero-order chi connectivity index (χ0) is 14.3. The lowest BCUT2D eigenvalue weighted by Crippen LogP contribution is -2.05. The molecule has 3 heteroatoms. The van der Waals surface area contributed by atoms with Crippen LogP contribution in [-0.4, -0.2) is 5.11 Å². The van der Waals surface area contributed by atoms with Crippen molar-refractivity contribution < 1.29 is 9.50 Å². The fourth-order valence-corrected chi connectivity index (χ4v) is 2.85. The Balaban J connectivity index is 2.28. The maximum absolute atomic E-state index is 14.2. The molecule has 2 aromatic rings. The second-order valence-corrected chi connectivity index (χ2v) is 5.58. The number of hydrogen-bond acceptors (Lipinski definition) is 1. The molecule has 3 rings (SSSR count). The van der Waals surface area contributed by atoms with Crippen LogP contribution in [0.4, 0.5) is 4.39 Å². The molecule has 1 aliphatic carbocycles. The van der Waals surface area contributed by atoms with Crippen LogP contribution in [0.5, 0.6) is 5.75 Å². The number of fused-ring (bicyclic) bond motifs is 1. The summed E-state index contributed by atoms with van der Waals surface area (Å²) >= 11 is 5.85. The zero-order valence-electron chi connectivity index (χ0n) is 11.0. The first-order chi connectivity index (χ1) is 9.58. The molecule has 0 aliphatic heterocycles. The topological polar surface area (TPSA) is 20.2 Å². The van der Waals surface area contributed by atoms with Gasteiger partial charge in [-0.3, -0.25) is 0 Å². The molecule has 0 bridgehead atoms. The lowest BCUT2D eigenvalue weighted by Gasteiger charge is -2.20. The van der Waals surface area contributed by atoms with Crippen LogP contribution in [0, 0.1) is 11.7 Å². The van der Waals surface area contributed by atoms with E-state index in [2.05, 4.69) is 13.0 Å². The molecule has 1 nitrogen and oxygen atoms in total. The largest absolute Gasteiger partial charge is 0.507 e. The molecule has 0 radical (unpaired) electrons. The maximum Gasteiger partial charge on any atom is 0.149 e. The van der Waals surface area contributed by atoms with Crippen molar-refractivity contribution in [1.82, 2.24) is 0 Å². The van der Waals surface area contributed by atoms with Gasteiger partial charge in [0, 0.05) is 11.1 Å². The highest BCUT2D eigenvalue weighted by molar-refractivity contribution is 6.31. The third-order valence-corrected chi connectivity index (χ3v) is 3.96. The van der Waals surface area contributed by atoms with E-state index in [9.17, 15) is 9.50 Å². The quantitative estimate of drug-likeness (QED) is 0.778. The molecule has 0 saturated heterocycles. The van der Waals surface area contributed by atoms with E-state index in [0.29, 0.717) is 17.0 Å². The Hall–Kier alpha value is -1.80. The number of hydrogen-bond donors (Lipinski definition) is 1. The Bertz CT molecular complexity index is 706. The van der Waals surface area contributed by atoms with Gasteiger partial charge < -0.3 is 5.11 Å². The van der Waals surface area contributed by atoms with Crippen molar-refractivity contribution in [3.63, 3.8) is 0 Å². The first-order valence-corrected chi connectivity index (χ1v) is 6.93. The smallest absolute Gasteiger partial charge is 0.149 e. The number of phenolic OH excluding ortho intramolecular Hbond substituents is 1. The van der Waals surface area contributed by atoms with E-state index in [0.717, 1.165) is 17.5 Å². The molecule has 0 aromatic heterocycles. The lowest BCUT2D eigenvalue weighted by atomic mass is 9.85. The van der Waals surface area contributed by atoms with Gasteiger partial charge in [0.1, 0.15) is 11.6 Å². The van der Waals surface area contributed by atoms with E-state index in [4.69, 9.17) is 11.6 Å². The van der Waals surface area contributed by atoms with Crippen molar-refractivity contribution in [2.45, 2.75) is 13.3 Å². The Morgan fingerprint density at radius 2 is 2.05 bits per heavy atom. The Morgan fingerprint density at radius 1 is 1.25 bits per heavy atom. The minimum Gasteiger partial charge on any atom is -0.507 e. The van der Waals surface area contributed by atoms with Gasteiger partial charge in [-0.05, 0) is 35.6 Å². The van der Waals surface area contributed by atoms with E-state index in [1.54, 1.807) is 18.2 Å². The van der Waals surface area contributed by atoms with E-state index < -0.39 is 5.82 Å². The van der Waals surface area contributed by atoms with Crippen molar-refractivity contribution in [2.24, 2.45) is 5.92 Å². The van der Waals surface area contributed by atoms with Gasteiger partial charge in [0.2, 0.25) is 0 Å². The minimum absolute atomic E-state index is 0.0626. The standard InChI is InChI=1S/C17H14ClFO/c1-10-5-7-12-11(9-10)6-8-15(20)16(12)13-3-2-4-14(18)17(13)19/h2-8,10,20H,9H2,1H3. The summed E-state index contributed by atoms with van der Waals surface area (Å²) in [6.45, 7) is 2.13. The van der Waals surface area contributed by atoms with Gasteiger partial charge >= 0.3 is 0 Å². The molecule has 0 amide bonds. The van der Waals surface area contributed by atoms with Gasteiger partial charge in [-0.1, -0.05) is 48.9 Å². The molecule has 1 atom stereocenters.